The lowest BCUT2D eigenvalue weighted by Gasteiger charge is -2.37. The fourth-order valence-electron chi connectivity index (χ4n) is 3.28. The monoisotopic (exact) mass is 309 g/mol. The number of carbonyl (C=O) groups excluding carboxylic acids is 1. The van der Waals surface area contributed by atoms with Gasteiger partial charge in [-0.05, 0) is 30.9 Å². The van der Waals surface area contributed by atoms with Crippen LogP contribution in [0.15, 0.2) is 60.7 Å². The first-order chi connectivity index (χ1) is 11.2. The van der Waals surface area contributed by atoms with Gasteiger partial charge in [0, 0.05) is 13.2 Å². The van der Waals surface area contributed by atoms with Crippen LogP contribution in [0.2, 0.25) is 0 Å². The van der Waals surface area contributed by atoms with Gasteiger partial charge in [-0.2, -0.15) is 0 Å². The molecule has 1 aliphatic heterocycles. The summed E-state index contributed by atoms with van der Waals surface area (Å²) in [7, 11) is 0. The summed E-state index contributed by atoms with van der Waals surface area (Å²) in [5.41, 5.74) is 1.72. The van der Waals surface area contributed by atoms with E-state index >= 15 is 0 Å². The summed E-state index contributed by atoms with van der Waals surface area (Å²) in [6.07, 6.45) is 1.45. The molecule has 3 nitrogen and oxygen atoms in total. The Balaban J connectivity index is 1.84. The van der Waals surface area contributed by atoms with Crippen molar-refractivity contribution in [2.45, 2.75) is 31.2 Å². The molecule has 0 spiro atoms. The summed E-state index contributed by atoms with van der Waals surface area (Å²) >= 11 is 0. The average molecular weight is 309 g/mol. The average Bonchev–Trinajstić information content (AvgIpc) is 2.63. The molecule has 3 rings (SSSR count). The van der Waals surface area contributed by atoms with E-state index in [2.05, 4.69) is 17.4 Å². The number of nitrogens with one attached hydrogen (secondary N) is 1. The molecular formula is C20H23NO2. The number of hydrogen-bond donors (Lipinski definition) is 1. The molecule has 0 unspecified atom stereocenters. The first kappa shape index (κ1) is 15.8. The third-order valence-corrected chi connectivity index (χ3v) is 4.75. The van der Waals surface area contributed by atoms with Gasteiger partial charge >= 0.3 is 0 Å². The predicted molar refractivity (Wildman–Crippen MR) is 91.2 cm³/mol. The SMILES string of the molecule is C[C@H](NC(=O)C1(c2ccccc2)CCOCC1)c1ccccc1. The van der Waals surface area contributed by atoms with Crippen molar-refractivity contribution >= 4 is 5.91 Å². The van der Waals surface area contributed by atoms with E-state index < -0.39 is 5.41 Å². The van der Waals surface area contributed by atoms with Crippen molar-refractivity contribution < 1.29 is 9.53 Å². The van der Waals surface area contributed by atoms with Crippen LogP contribution in [-0.4, -0.2) is 19.1 Å². The van der Waals surface area contributed by atoms with Gasteiger partial charge in [0.2, 0.25) is 5.91 Å². The number of carbonyl (C=O) groups is 1. The fraction of sp³-hybridized carbons (Fsp3) is 0.350. The van der Waals surface area contributed by atoms with Gasteiger partial charge in [0.25, 0.3) is 0 Å². The zero-order valence-corrected chi connectivity index (χ0v) is 13.5. The molecule has 0 bridgehead atoms. The number of hydrogen-bond acceptors (Lipinski definition) is 2. The maximum absolute atomic E-state index is 13.1. The Morgan fingerprint density at radius 3 is 2.17 bits per heavy atom. The lowest BCUT2D eigenvalue weighted by molar-refractivity contribution is -0.131. The van der Waals surface area contributed by atoms with E-state index in [1.165, 1.54) is 0 Å². The summed E-state index contributed by atoms with van der Waals surface area (Å²) in [5, 5.41) is 3.21. The van der Waals surface area contributed by atoms with Gasteiger partial charge in [0.05, 0.1) is 11.5 Å². The van der Waals surface area contributed by atoms with Crippen molar-refractivity contribution in [3.63, 3.8) is 0 Å². The summed E-state index contributed by atoms with van der Waals surface area (Å²) in [6, 6.07) is 20.2. The van der Waals surface area contributed by atoms with Crippen LogP contribution in [0.5, 0.6) is 0 Å². The molecule has 23 heavy (non-hydrogen) atoms. The van der Waals surface area contributed by atoms with Gasteiger partial charge in [-0.25, -0.2) is 0 Å². The number of rotatable bonds is 4. The van der Waals surface area contributed by atoms with E-state index in [9.17, 15) is 4.79 Å². The van der Waals surface area contributed by atoms with Crippen LogP contribution in [0.1, 0.15) is 36.9 Å². The van der Waals surface area contributed by atoms with E-state index in [1.54, 1.807) is 0 Å². The molecule has 1 N–H and O–H groups in total. The van der Waals surface area contributed by atoms with Crippen molar-refractivity contribution in [3.8, 4) is 0 Å². The minimum atomic E-state index is -0.484. The molecule has 1 amide bonds. The van der Waals surface area contributed by atoms with E-state index in [0.29, 0.717) is 13.2 Å². The van der Waals surface area contributed by atoms with Crippen LogP contribution >= 0.6 is 0 Å². The summed E-state index contributed by atoms with van der Waals surface area (Å²) in [6.45, 7) is 3.29. The predicted octanol–water partition coefficient (Wildman–Crippen LogP) is 3.61. The highest BCUT2D eigenvalue weighted by Gasteiger charge is 2.41. The Morgan fingerprint density at radius 1 is 1.00 bits per heavy atom. The van der Waals surface area contributed by atoms with Gasteiger partial charge in [-0.1, -0.05) is 60.7 Å². The molecule has 2 aromatic carbocycles. The summed E-state index contributed by atoms with van der Waals surface area (Å²) < 4.78 is 5.51. The fourth-order valence-corrected chi connectivity index (χ4v) is 3.28. The molecule has 0 aromatic heterocycles. The number of benzene rings is 2. The van der Waals surface area contributed by atoms with Crippen molar-refractivity contribution in [1.29, 1.82) is 0 Å². The van der Waals surface area contributed by atoms with E-state index in [0.717, 1.165) is 24.0 Å². The molecular weight excluding hydrogens is 286 g/mol. The molecule has 1 fully saturated rings. The Bertz CT molecular complexity index is 633. The van der Waals surface area contributed by atoms with Crippen LogP contribution in [-0.2, 0) is 14.9 Å². The molecule has 3 heteroatoms. The third-order valence-electron chi connectivity index (χ3n) is 4.75. The molecule has 2 aromatic rings. The lowest BCUT2D eigenvalue weighted by atomic mass is 9.73. The molecule has 1 heterocycles. The minimum Gasteiger partial charge on any atom is -0.381 e. The summed E-state index contributed by atoms with van der Waals surface area (Å²) in [5.74, 6) is 0.100. The molecule has 1 saturated heterocycles. The highest BCUT2D eigenvalue weighted by Crippen LogP contribution is 2.35. The molecule has 0 saturated carbocycles. The van der Waals surface area contributed by atoms with Gasteiger partial charge in [-0.15, -0.1) is 0 Å². The van der Waals surface area contributed by atoms with Crippen LogP contribution in [0.25, 0.3) is 0 Å². The zero-order chi connectivity index (χ0) is 16.1. The molecule has 0 radical (unpaired) electrons. The second kappa shape index (κ2) is 6.97. The minimum absolute atomic E-state index is 0.00729. The maximum Gasteiger partial charge on any atom is 0.231 e. The highest BCUT2D eigenvalue weighted by atomic mass is 16.5. The largest absolute Gasteiger partial charge is 0.381 e. The lowest BCUT2D eigenvalue weighted by Crippen LogP contribution is -2.48. The molecule has 120 valence electrons. The van der Waals surface area contributed by atoms with Crippen molar-refractivity contribution in [3.05, 3.63) is 71.8 Å². The van der Waals surface area contributed by atoms with Crippen molar-refractivity contribution in [1.82, 2.24) is 5.32 Å². The molecule has 1 atom stereocenters. The first-order valence-corrected chi connectivity index (χ1v) is 8.21. The van der Waals surface area contributed by atoms with Gasteiger partial charge in [0.15, 0.2) is 0 Å². The van der Waals surface area contributed by atoms with Gasteiger partial charge in [-0.3, -0.25) is 4.79 Å². The Labute approximate surface area is 137 Å². The normalized spacial score (nSPS) is 18.1. The maximum atomic E-state index is 13.1. The van der Waals surface area contributed by atoms with E-state index in [1.807, 2.05) is 55.5 Å². The Hall–Kier alpha value is -2.13. The van der Waals surface area contributed by atoms with Gasteiger partial charge < -0.3 is 10.1 Å². The zero-order valence-electron chi connectivity index (χ0n) is 13.5. The standard InChI is InChI=1S/C20H23NO2/c1-16(17-8-4-2-5-9-17)21-19(22)20(12-14-23-15-13-20)18-10-6-3-7-11-18/h2-11,16H,12-15H2,1H3,(H,21,22)/t16-/m0/s1. The molecule has 1 aliphatic rings. The van der Waals surface area contributed by atoms with Crippen molar-refractivity contribution in [2.24, 2.45) is 0 Å². The van der Waals surface area contributed by atoms with E-state index in [4.69, 9.17) is 4.74 Å². The second-order valence-corrected chi connectivity index (χ2v) is 6.17. The highest BCUT2D eigenvalue weighted by molar-refractivity contribution is 5.88. The van der Waals surface area contributed by atoms with Crippen LogP contribution in [0.4, 0.5) is 0 Å². The third kappa shape index (κ3) is 3.30. The number of amides is 1. The Morgan fingerprint density at radius 2 is 1.57 bits per heavy atom. The summed E-state index contributed by atoms with van der Waals surface area (Å²) in [4.78, 5) is 13.1. The first-order valence-electron chi connectivity index (χ1n) is 8.21. The van der Waals surface area contributed by atoms with Crippen LogP contribution < -0.4 is 5.32 Å². The van der Waals surface area contributed by atoms with Crippen LogP contribution in [0, 0.1) is 0 Å². The van der Waals surface area contributed by atoms with Crippen LogP contribution in [0.3, 0.4) is 0 Å². The van der Waals surface area contributed by atoms with E-state index in [-0.39, 0.29) is 11.9 Å². The van der Waals surface area contributed by atoms with Crippen molar-refractivity contribution in [2.75, 3.05) is 13.2 Å². The van der Waals surface area contributed by atoms with Gasteiger partial charge in [0.1, 0.15) is 0 Å². The smallest absolute Gasteiger partial charge is 0.231 e. The molecule has 0 aliphatic carbocycles. The number of ether oxygens (including phenoxy) is 1. The topological polar surface area (TPSA) is 38.3 Å². The Kier molecular flexibility index (Phi) is 4.77. The second-order valence-electron chi connectivity index (χ2n) is 6.17. The quantitative estimate of drug-likeness (QED) is 0.937.